The van der Waals surface area contributed by atoms with Crippen molar-refractivity contribution in [2.45, 2.75) is 103 Å². The zero-order chi connectivity index (χ0) is 48.7. The van der Waals surface area contributed by atoms with Crippen LogP contribution in [0.15, 0.2) is 148 Å². The molecule has 0 fully saturated rings. The smallest absolute Gasteiger partial charge is 0.228 e. The van der Waals surface area contributed by atoms with E-state index in [1.165, 1.54) is 51.4 Å². The Hall–Kier alpha value is -7.77. The molecule has 0 saturated heterocycles. The molecule has 13 nitrogen and oxygen atoms in total. The Morgan fingerprint density at radius 1 is 0.429 bits per heavy atom. The number of unbranched alkanes of at least 4 members (excludes halogenated alkanes) is 14. The summed E-state index contributed by atoms with van der Waals surface area (Å²) in [5, 5.41) is 41.8. The molecule has 0 amide bonds. The molecule has 0 unspecified atom stereocenters. The van der Waals surface area contributed by atoms with Gasteiger partial charge >= 0.3 is 0 Å². The molecule has 0 aliphatic rings. The average Bonchev–Trinajstić information content (AvgIpc) is 3.41. The molecule has 13 heteroatoms. The van der Waals surface area contributed by atoms with Gasteiger partial charge in [-0.05, 0) is 128 Å². The largest absolute Gasteiger partial charge is 0.494 e. The first-order valence-corrected chi connectivity index (χ1v) is 24.8. The van der Waals surface area contributed by atoms with Crippen molar-refractivity contribution in [2.24, 2.45) is 20.5 Å². The maximum absolute atomic E-state index is 8.94. The first kappa shape index (κ1) is 51.6. The highest BCUT2D eigenvalue weighted by molar-refractivity contribution is 5.61. The van der Waals surface area contributed by atoms with Crippen LogP contribution in [0.2, 0.25) is 0 Å². The van der Waals surface area contributed by atoms with Crippen molar-refractivity contribution >= 4 is 40.7 Å². The van der Waals surface area contributed by atoms with Crippen molar-refractivity contribution in [1.29, 1.82) is 10.5 Å². The van der Waals surface area contributed by atoms with Crippen molar-refractivity contribution in [3.05, 3.63) is 145 Å². The summed E-state index contributed by atoms with van der Waals surface area (Å²) >= 11 is 0. The van der Waals surface area contributed by atoms with Gasteiger partial charge in [0.15, 0.2) is 5.82 Å². The second-order valence-corrected chi connectivity index (χ2v) is 17.0. The van der Waals surface area contributed by atoms with Crippen LogP contribution < -0.4 is 20.1 Å². The third-order valence-electron chi connectivity index (χ3n) is 11.5. The maximum atomic E-state index is 8.94. The SMILES string of the molecule is C=Cc1ccc(-c2nc(NCCCCCCCCCCOc3ccc(N=Nc4ccc(C#N)cc4)cc3)nc(NCCCCCCCCCCOc3ccc(N=Nc4ccc(C#N)cc4)cc3)n2)cc1. The number of azo groups is 2. The number of ether oxygens (including phenoxy) is 2. The van der Waals surface area contributed by atoms with Crippen LogP contribution in [-0.2, 0) is 0 Å². The minimum atomic E-state index is 0.601. The van der Waals surface area contributed by atoms with Gasteiger partial charge < -0.3 is 20.1 Å². The van der Waals surface area contributed by atoms with Crippen LogP contribution in [0.25, 0.3) is 17.5 Å². The molecule has 360 valence electrons. The molecule has 0 bridgehead atoms. The number of nitrogens with one attached hydrogen (secondary N) is 2. The van der Waals surface area contributed by atoms with E-state index in [9.17, 15) is 0 Å². The number of anilines is 2. The van der Waals surface area contributed by atoms with Crippen molar-refractivity contribution in [1.82, 2.24) is 15.0 Å². The van der Waals surface area contributed by atoms with Gasteiger partial charge in [0.05, 0.1) is 59.2 Å². The highest BCUT2D eigenvalue weighted by atomic mass is 16.5. The zero-order valence-corrected chi connectivity index (χ0v) is 40.3. The van der Waals surface area contributed by atoms with Gasteiger partial charge in [-0.25, -0.2) is 0 Å². The summed E-state index contributed by atoms with van der Waals surface area (Å²) in [5.41, 5.74) is 6.11. The van der Waals surface area contributed by atoms with Gasteiger partial charge in [-0.1, -0.05) is 114 Å². The van der Waals surface area contributed by atoms with Crippen LogP contribution in [-0.4, -0.2) is 41.3 Å². The minimum Gasteiger partial charge on any atom is -0.494 e. The fourth-order valence-corrected chi connectivity index (χ4v) is 7.44. The van der Waals surface area contributed by atoms with Gasteiger partial charge in [-0.2, -0.15) is 45.9 Å². The third-order valence-corrected chi connectivity index (χ3v) is 11.5. The van der Waals surface area contributed by atoms with Gasteiger partial charge in [0.1, 0.15) is 11.5 Å². The fourth-order valence-electron chi connectivity index (χ4n) is 7.44. The number of nitriles is 2. The first-order valence-electron chi connectivity index (χ1n) is 24.8. The Labute approximate surface area is 413 Å². The Morgan fingerprint density at radius 3 is 1.13 bits per heavy atom. The van der Waals surface area contributed by atoms with Gasteiger partial charge in [0, 0.05) is 18.7 Å². The van der Waals surface area contributed by atoms with Gasteiger partial charge in [-0.3, -0.25) is 0 Å². The lowest BCUT2D eigenvalue weighted by molar-refractivity contribution is 0.304. The molecule has 5 aromatic carbocycles. The Morgan fingerprint density at radius 2 is 0.771 bits per heavy atom. The number of benzene rings is 5. The lowest BCUT2D eigenvalue weighted by Gasteiger charge is -2.11. The zero-order valence-electron chi connectivity index (χ0n) is 40.3. The predicted molar refractivity (Wildman–Crippen MR) is 281 cm³/mol. The van der Waals surface area contributed by atoms with E-state index in [4.69, 9.17) is 34.9 Å². The third kappa shape index (κ3) is 19.4. The van der Waals surface area contributed by atoms with Crippen LogP contribution in [0.5, 0.6) is 11.5 Å². The summed E-state index contributed by atoms with van der Waals surface area (Å²) in [4.78, 5) is 14.3. The molecule has 0 atom stereocenters. The Kier molecular flexibility index (Phi) is 22.5. The van der Waals surface area contributed by atoms with Crippen LogP contribution >= 0.6 is 0 Å². The van der Waals surface area contributed by atoms with Crippen LogP contribution in [0.4, 0.5) is 34.6 Å². The number of rotatable bonds is 32. The quantitative estimate of drug-likeness (QED) is 0.0308. The molecule has 1 heterocycles. The molecule has 0 radical (unpaired) electrons. The van der Waals surface area contributed by atoms with E-state index in [-0.39, 0.29) is 0 Å². The van der Waals surface area contributed by atoms with E-state index < -0.39 is 0 Å². The molecule has 0 spiro atoms. The monoisotopic (exact) mass is 936 g/mol. The molecule has 6 aromatic rings. The van der Waals surface area contributed by atoms with Crippen LogP contribution in [0.3, 0.4) is 0 Å². The van der Waals surface area contributed by atoms with Gasteiger partial charge in [0.25, 0.3) is 0 Å². The topological polar surface area (TPSA) is 178 Å². The molecule has 6 rings (SSSR count). The molecular weight excluding hydrogens is 871 g/mol. The van der Waals surface area contributed by atoms with Crippen molar-refractivity contribution in [2.75, 3.05) is 36.9 Å². The summed E-state index contributed by atoms with van der Waals surface area (Å²) < 4.78 is 11.9. The standard InChI is InChI=1S/C57H65N11O2/c1-2-45-19-25-48(26-20-45)55-62-56(60-39-15-11-7-3-5-9-13-17-41-69-53-35-31-51(32-36-53)67-65-49-27-21-46(43-58)22-28-49)64-57(63-55)61-40-16-12-8-4-6-10-14-18-42-70-54-37-33-52(34-38-54)68-66-50-29-23-47(44-59)24-30-50/h2,19-38H,1,3-18,39-42H2,(H2,60,61,62,63,64). The average molecular weight is 936 g/mol. The Bertz CT molecular complexity index is 2430. The van der Waals surface area contributed by atoms with E-state index in [0.717, 1.165) is 98.5 Å². The highest BCUT2D eigenvalue weighted by Crippen LogP contribution is 2.25. The predicted octanol–water partition coefficient (Wildman–Crippen LogP) is 16.0. The number of aromatic nitrogens is 3. The maximum Gasteiger partial charge on any atom is 0.228 e. The number of nitrogens with zero attached hydrogens (tertiary/aromatic N) is 9. The van der Waals surface area contributed by atoms with E-state index in [1.54, 1.807) is 48.5 Å². The van der Waals surface area contributed by atoms with E-state index in [0.29, 0.717) is 53.4 Å². The van der Waals surface area contributed by atoms with E-state index in [1.807, 2.05) is 78.9 Å². The summed E-state index contributed by atoms with van der Waals surface area (Å²) in [6.07, 6.45) is 20.4. The van der Waals surface area contributed by atoms with Crippen LogP contribution in [0.1, 0.15) is 119 Å². The summed E-state index contributed by atoms with van der Waals surface area (Å²) in [6.45, 7) is 6.91. The minimum absolute atomic E-state index is 0.601. The summed E-state index contributed by atoms with van der Waals surface area (Å²) in [7, 11) is 0. The lowest BCUT2D eigenvalue weighted by Crippen LogP contribution is -2.12. The lowest BCUT2D eigenvalue weighted by atomic mass is 10.1. The fraction of sp³-hybridized carbons (Fsp3) is 0.351. The van der Waals surface area contributed by atoms with Crippen molar-refractivity contribution in [3.63, 3.8) is 0 Å². The normalized spacial score (nSPS) is 11.1. The van der Waals surface area contributed by atoms with Crippen molar-refractivity contribution < 1.29 is 9.47 Å². The number of hydrogen-bond donors (Lipinski definition) is 2. The second-order valence-electron chi connectivity index (χ2n) is 17.0. The second kappa shape index (κ2) is 30.6. The van der Waals surface area contributed by atoms with Crippen LogP contribution in [0, 0.1) is 22.7 Å². The molecule has 1 aromatic heterocycles. The number of hydrogen-bond acceptors (Lipinski definition) is 13. The highest BCUT2D eigenvalue weighted by Gasteiger charge is 2.09. The molecule has 0 saturated carbocycles. The molecule has 0 aliphatic heterocycles. The first-order chi connectivity index (χ1) is 34.6. The summed E-state index contributed by atoms with van der Waals surface area (Å²) in [6, 6.07) is 41.7. The molecule has 70 heavy (non-hydrogen) atoms. The summed E-state index contributed by atoms with van der Waals surface area (Å²) in [5.74, 6) is 3.53. The molecule has 0 aliphatic carbocycles. The molecule has 2 N–H and O–H groups in total. The molecular formula is C57H65N11O2. The van der Waals surface area contributed by atoms with Gasteiger partial charge in [-0.15, -0.1) is 0 Å². The van der Waals surface area contributed by atoms with E-state index in [2.05, 4.69) is 49.8 Å². The Balaban J connectivity index is 0.781. The van der Waals surface area contributed by atoms with Gasteiger partial charge in [0.2, 0.25) is 11.9 Å². The van der Waals surface area contributed by atoms with E-state index >= 15 is 0 Å². The van der Waals surface area contributed by atoms with Crippen molar-refractivity contribution in [3.8, 4) is 35.0 Å².